The number of carbonyl (C=O) groups is 4. The second-order valence-corrected chi connectivity index (χ2v) is 11.7. The number of tetrazole rings is 1. The Morgan fingerprint density at radius 3 is 2.67 bits per heavy atom. The second kappa shape index (κ2) is 10.4. The Morgan fingerprint density at radius 1 is 1.33 bits per heavy atom. The maximum absolute atomic E-state index is 13.1. The number of hydrogen-bond donors (Lipinski definition) is 3. The highest BCUT2D eigenvalue weighted by atomic mass is 32.2. The third-order valence-electron chi connectivity index (χ3n) is 6.76. The van der Waals surface area contributed by atoms with Crippen molar-refractivity contribution in [1.82, 2.24) is 40.6 Å². The molecule has 15 heteroatoms. The van der Waals surface area contributed by atoms with Gasteiger partial charge in [-0.1, -0.05) is 18.7 Å². The fourth-order valence-electron chi connectivity index (χ4n) is 5.03. The summed E-state index contributed by atoms with van der Waals surface area (Å²) < 4.78 is 1.46. The van der Waals surface area contributed by atoms with E-state index < -0.39 is 17.9 Å². The van der Waals surface area contributed by atoms with E-state index in [9.17, 15) is 24.3 Å². The van der Waals surface area contributed by atoms with Crippen molar-refractivity contribution in [2.45, 2.75) is 48.8 Å². The lowest BCUT2D eigenvalue weighted by Crippen LogP contribution is -2.66. The fourth-order valence-corrected chi connectivity index (χ4v) is 7.17. The van der Waals surface area contributed by atoms with E-state index in [0.717, 1.165) is 0 Å². The van der Waals surface area contributed by atoms with Crippen molar-refractivity contribution >= 4 is 47.2 Å². The van der Waals surface area contributed by atoms with E-state index in [0.29, 0.717) is 23.0 Å². The maximum atomic E-state index is 13.1. The fraction of sp³-hybridized carbons (Fsp3) is 0.667. The summed E-state index contributed by atoms with van der Waals surface area (Å²) in [6.07, 6.45) is 0.581. The smallest absolute Gasteiger partial charge is 0.353 e. The number of likely N-dealkylation sites (N-methyl/N-ethyl adjacent to an activating group) is 1. The molecule has 0 bridgehead atoms. The summed E-state index contributed by atoms with van der Waals surface area (Å²) >= 11 is 2.62. The minimum absolute atomic E-state index is 0.0118. The number of amides is 3. The highest BCUT2D eigenvalue weighted by molar-refractivity contribution is 8.03. The highest BCUT2D eigenvalue weighted by Gasteiger charge is 2.60. The predicted octanol–water partition coefficient (Wildman–Crippen LogP) is -0.868. The van der Waals surface area contributed by atoms with E-state index in [1.165, 1.54) is 33.1 Å². The van der Waals surface area contributed by atoms with Crippen LogP contribution in [-0.4, -0.2) is 109 Å². The first-order chi connectivity index (χ1) is 17.0. The molecule has 0 aliphatic carbocycles. The van der Waals surface area contributed by atoms with Crippen molar-refractivity contribution < 1.29 is 24.3 Å². The summed E-state index contributed by atoms with van der Waals surface area (Å²) in [6, 6.07) is -1.12. The van der Waals surface area contributed by atoms with Gasteiger partial charge >= 0.3 is 5.97 Å². The quantitative estimate of drug-likeness (QED) is 0.265. The summed E-state index contributed by atoms with van der Waals surface area (Å²) in [7, 11) is 5.09. The third-order valence-corrected chi connectivity index (χ3v) is 9.28. The van der Waals surface area contributed by atoms with Gasteiger partial charge in [-0.15, -0.1) is 16.9 Å². The Kier molecular flexibility index (Phi) is 7.61. The van der Waals surface area contributed by atoms with Crippen molar-refractivity contribution in [1.29, 1.82) is 0 Å². The van der Waals surface area contributed by atoms with E-state index in [1.807, 2.05) is 6.92 Å². The first-order valence-corrected chi connectivity index (χ1v) is 13.4. The van der Waals surface area contributed by atoms with Crippen LogP contribution in [0.3, 0.4) is 0 Å². The van der Waals surface area contributed by atoms with Crippen LogP contribution in [0.5, 0.6) is 0 Å². The number of rotatable bonds is 9. The molecular weight excluding hydrogens is 508 g/mol. The molecule has 4 rings (SSSR count). The van der Waals surface area contributed by atoms with Gasteiger partial charge in [-0.25, -0.2) is 9.48 Å². The average Bonchev–Trinajstić information content (AvgIpc) is 3.50. The lowest BCUT2D eigenvalue weighted by Gasteiger charge is -2.47. The summed E-state index contributed by atoms with van der Waals surface area (Å²) in [6.45, 7) is 4.26. The number of carboxylic acids is 1. The van der Waals surface area contributed by atoms with Gasteiger partial charge in [0.05, 0.1) is 23.8 Å². The van der Waals surface area contributed by atoms with Gasteiger partial charge < -0.3 is 25.5 Å². The zero-order chi connectivity index (χ0) is 26.3. The van der Waals surface area contributed by atoms with Crippen LogP contribution in [0.15, 0.2) is 15.8 Å². The number of β-lactam (4-membered cyclic amide) rings is 1. The summed E-state index contributed by atoms with van der Waals surface area (Å²) in [5.41, 5.74) is 0.0185. The number of aromatic nitrogens is 4. The molecule has 6 atom stereocenters. The molecule has 13 nitrogen and oxygen atoms in total. The molecule has 0 saturated carbocycles. The lowest BCUT2D eigenvalue weighted by molar-refractivity contribution is -0.158. The SMILES string of the molecule is C[C@H]1C(S[C@@H]2CN[C@H](C(=O)N(C)C)C2)=C(C(=O)O)N2C(=O)[C@H]([C@@H](C)NC(=O)CSc3nnnn3C)C12. The second-order valence-electron chi connectivity index (χ2n) is 9.43. The van der Waals surface area contributed by atoms with Crippen LogP contribution in [-0.2, 0) is 26.2 Å². The van der Waals surface area contributed by atoms with Gasteiger partial charge in [-0.3, -0.25) is 14.4 Å². The standard InChI is InChI=1S/C21H30N8O5S2/c1-9-15-14(10(2)23-13(30)8-35-21-24-25-26-28(21)5)19(32)29(15)16(20(33)34)17(9)36-11-6-12(22-7-11)18(31)27(3)4/h9-12,14-15,22H,6-8H2,1-5H3,(H,23,30)(H,33,34)/t9-,10-,11+,12+,14-,15?/m1/s1. The number of nitrogens with one attached hydrogen (secondary N) is 2. The van der Waals surface area contributed by atoms with E-state index in [-0.39, 0.29) is 52.4 Å². The first kappa shape index (κ1) is 26.4. The van der Waals surface area contributed by atoms with Gasteiger partial charge in [-0.05, 0) is 23.8 Å². The normalized spacial score (nSPS) is 28.1. The van der Waals surface area contributed by atoms with Gasteiger partial charge in [0.25, 0.3) is 0 Å². The number of aliphatic carboxylic acids is 1. The topological polar surface area (TPSA) is 163 Å². The van der Waals surface area contributed by atoms with Gasteiger partial charge in [-0.2, -0.15) is 0 Å². The number of aryl methyl sites for hydroxylation is 1. The van der Waals surface area contributed by atoms with Crippen molar-refractivity contribution in [3.8, 4) is 0 Å². The molecule has 196 valence electrons. The van der Waals surface area contributed by atoms with Crippen molar-refractivity contribution in [2.24, 2.45) is 18.9 Å². The van der Waals surface area contributed by atoms with E-state index in [4.69, 9.17) is 0 Å². The summed E-state index contributed by atoms with van der Waals surface area (Å²) in [5.74, 6) is -2.36. The number of thioether (sulfide) groups is 2. The molecule has 2 fully saturated rings. The predicted molar refractivity (Wildman–Crippen MR) is 132 cm³/mol. The minimum atomic E-state index is -1.14. The number of fused-ring (bicyclic) bond motifs is 1. The number of hydrogen-bond acceptors (Lipinski definition) is 10. The molecule has 1 unspecified atom stereocenters. The van der Waals surface area contributed by atoms with Gasteiger partial charge in [0.1, 0.15) is 5.70 Å². The monoisotopic (exact) mass is 538 g/mol. The van der Waals surface area contributed by atoms with Crippen LogP contribution < -0.4 is 10.6 Å². The molecule has 1 aromatic rings. The van der Waals surface area contributed by atoms with E-state index in [1.54, 1.807) is 33.0 Å². The molecule has 4 heterocycles. The van der Waals surface area contributed by atoms with Gasteiger partial charge in [0.2, 0.25) is 22.9 Å². The van der Waals surface area contributed by atoms with Crippen molar-refractivity contribution in [2.75, 3.05) is 26.4 Å². The van der Waals surface area contributed by atoms with Crippen LogP contribution in [0.2, 0.25) is 0 Å². The van der Waals surface area contributed by atoms with Crippen molar-refractivity contribution in [3.63, 3.8) is 0 Å². The molecular formula is C21H30N8O5S2. The molecule has 0 aromatic carbocycles. The Labute approximate surface area is 216 Å². The van der Waals surface area contributed by atoms with Crippen LogP contribution in [0.4, 0.5) is 0 Å². The first-order valence-electron chi connectivity index (χ1n) is 11.6. The van der Waals surface area contributed by atoms with Gasteiger partial charge in [0.15, 0.2) is 0 Å². The Hall–Kier alpha value is -2.65. The van der Waals surface area contributed by atoms with Crippen molar-refractivity contribution in [3.05, 3.63) is 10.6 Å². The van der Waals surface area contributed by atoms with Crippen LogP contribution >= 0.6 is 23.5 Å². The number of nitrogens with zero attached hydrogens (tertiary/aromatic N) is 6. The lowest BCUT2D eigenvalue weighted by atomic mass is 9.78. The minimum Gasteiger partial charge on any atom is -0.477 e. The molecule has 2 saturated heterocycles. The Morgan fingerprint density at radius 2 is 2.06 bits per heavy atom. The average molecular weight is 539 g/mol. The third kappa shape index (κ3) is 4.83. The molecule has 36 heavy (non-hydrogen) atoms. The largest absolute Gasteiger partial charge is 0.477 e. The Balaban J connectivity index is 1.40. The Bertz CT molecular complexity index is 1110. The van der Waals surface area contributed by atoms with Crippen LogP contribution in [0, 0.1) is 11.8 Å². The summed E-state index contributed by atoms with van der Waals surface area (Å²) in [4.78, 5) is 53.6. The zero-order valence-electron chi connectivity index (χ0n) is 20.7. The maximum Gasteiger partial charge on any atom is 0.353 e. The van der Waals surface area contributed by atoms with E-state index in [2.05, 4.69) is 26.2 Å². The number of carboxylic acid groups (broad SMARTS) is 1. The molecule has 3 aliphatic heterocycles. The van der Waals surface area contributed by atoms with Gasteiger partial charge in [0, 0.05) is 49.8 Å². The van der Waals surface area contributed by atoms with Crippen LogP contribution in [0.1, 0.15) is 20.3 Å². The zero-order valence-corrected chi connectivity index (χ0v) is 22.3. The number of carbonyl (C=O) groups excluding carboxylic acids is 3. The molecule has 3 N–H and O–H groups in total. The molecule has 3 amide bonds. The molecule has 0 radical (unpaired) electrons. The molecule has 1 aromatic heterocycles. The summed E-state index contributed by atoms with van der Waals surface area (Å²) in [5, 5.41) is 27.6. The molecule has 0 spiro atoms. The highest BCUT2D eigenvalue weighted by Crippen LogP contribution is 2.51. The van der Waals surface area contributed by atoms with E-state index >= 15 is 0 Å². The van der Waals surface area contributed by atoms with Crippen LogP contribution in [0.25, 0.3) is 0 Å². The molecule has 3 aliphatic rings.